The van der Waals surface area contributed by atoms with Gasteiger partial charge in [-0.1, -0.05) is 32.0 Å². The molecule has 0 saturated heterocycles. The fourth-order valence-electron chi connectivity index (χ4n) is 2.67. The highest BCUT2D eigenvalue weighted by Gasteiger charge is 2.17. The van der Waals surface area contributed by atoms with Gasteiger partial charge in [0.05, 0.1) is 11.6 Å². The normalized spacial score (nSPS) is 12.8. The van der Waals surface area contributed by atoms with Gasteiger partial charge in [0.15, 0.2) is 0 Å². The van der Waals surface area contributed by atoms with Crippen molar-refractivity contribution < 1.29 is 4.79 Å². The summed E-state index contributed by atoms with van der Waals surface area (Å²) in [5, 5.41) is 8.32. The summed E-state index contributed by atoms with van der Waals surface area (Å²) in [6.07, 6.45) is 1.61. The molecule has 2 aromatic rings. The fourth-order valence-corrected chi connectivity index (χ4v) is 2.67. The van der Waals surface area contributed by atoms with Crippen molar-refractivity contribution in [3.05, 3.63) is 40.8 Å². The lowest BCUT2D eigenvalue weighted by Gasteiger charge is -2.28. The zero-order valence-electron chi connectivity index (χ0n) is 14.1. The predicted octanol–water partition coefficient (Wildman–Crippen LogP) is 1.10. The van der Waals surface area contributed by atoms with Gasteiger partial charge < -0.3 is 10.2 Å². The van der Waals surface area contributed by atoms with Gasteiger partial charge in [0.1, 0.15) is 6.54 Å². The number of aromatic nitrogens is 2. The number of rotatable bonds is 6. The molecule has 0 fully saturated rings. The standard InChI is InChI=1S/C17H24N4O2/c1-12(2)15(20(3)4)10-18-16(22)11-21-17(23)14-8-6-5-7-13(14)9-19-21/h5-9,12,15H,10-11H2,1-4H3,(H,18,22). The largest absolute Gasteiger partial charge is 0.353 e. The topological polar surface area (TPSA) is 67.2 Å². The van der Waals surface area contributed by atoms with E-state index >= 15 is 0 Å². The first-order chi connectivity index (χ1) is 10.9. The second kappa shape index (κ2) is 7.37. The molecule has 23 heavy (non-hydrogen) atoms. The molecule has 1 atom stereocenters. The van der Waals surface area contributed by atoms with E-state index in [1.807, 2.05) is 26.2 Å². The summed E-state index contributed by atoms with van der Waals surface area (Å²) in [5.74, 6) is 0.217. The molecule has 1 amide bonds. The Kier molecular flexibility index (Phi) is 5.50. The Morgan fingerprint density at radius 2 is 2.00 bits per heavy atom. The third-order valence-corrected chi connectivity index (χ3v) is 4.00. The van der Waals surface area contributed by atoms with Crippen molar-refractivity contribution in [2.24, 2.45) is 5.92 Å². The lowest BCUT2D eigenvalue weighted by molar-refractivity contribution is -0.122. The molecular formula is C17H24N4O2. The monoisotopic (exact) mass is 316 g/mol. The van der Waals surface area contributed by atoms with Crippen molar-refractivity contribution in [2.75, 3.05) is 20.6 Å². The van der Waals surface area contributed by atoms with Gasteiger partial charge >= 0.3 is 0 Å². The molecule has 0 radical (unpaired) electrons. The van der Waals surface area contributed by atoms with E-state index in [-0.39, 0.29) is 24.1 Å². The Balaban J connectivity index is 2.06. The van der Waals surface area contributed by atoms with Gasteiger partial charge in [-0.05, 0) is 26.1 Å². The van der Waals surface area contributed by atoms with Gasteiger partial charge in [-0.3, -0.25) is 9.59 Å². The van der Waals surface area contributed by atoms with Gasteiger partial charge in [0.2, 0.25) is 5.91 Å². The van der Waals surface area contributed by atoms with Crippen molar-refractivity contribution in [3.63, 3.8) is 0 Å². The highest BCUT2D eigenvalue weighted by atomic mass is 16.2. The van der Waals surface area contributed by atoms with Crippen LogP contribution < -0.4 is 10.9 Å². The minimum atomic E-state index is -0.244. The highest BCUT2D eigenvalue weighted by molar-refractivity contribution is 5.81. The molecule has 0 aliphatic heterocycles. The molecule has 0 aliphatic rings. The van der Waals surface area contributed by atoms with Crippen LogP contribution in [-0.2, 0) is 11.3 Å². The van der Waals surface area contributed by atoms with E-state index in [1.165, 1.54) is 4.68 Å². The van der Waals surface area contributed by atoms with E-state index < -0.39 is 0 Å². The third-order valence-electron chi connectivity index (χ3n) is 4.00. The summed E-state index contributed by atoms with van der Waals surface area (Å²) in [5.41, 5.74) is -0.244. The van der Waals surface area contributed by atoms with Gasteiger partial charge in [-0.15, -0.1) is 0 Å². The van der Waals surface area contributed by atoms with Crippen LogP contribution in [0, 0.1) is 5.92 Å². The minimum absolute atomic E-state index is 0.0675. The predicted molar refractivity (Wildman–Crippen MR) is 91.3 cm³/mol. The molecule has 1 heterocycles. The van der Waals surface area contributed by atoms with Crippen LogP contribution >= 0.6 is 0 Å². The number of carbonyl (C=O) groups excluding carboxylic acids is 1. The zero-order valence-corrected chi connectivity index (χ0v) is 14.1. The molecule has 0 aliphatic carbocycles. The molecule has 0 spiro atoms. The smallest absolute Gasteiger partial charge is 0.275 e. The quantitative estimate of drug-likeness (QED) is 0.866. The fraction of sp³-hybridized carbons (Fsp3) is 0.471. The van der Waals surface area contributed by atoms with Crippen LogP contribution in [0.1, 0.15) is 13.8 Å². The maximum absolute atomic E-state index is 12.3. The van der Waals surface area contributed by atoms with Gasteiger partial charge in [-0.2, -0.15) is 5.10 Å². The summed E-state index contributed by atoms with van der Waals surface area (Å²) in [6, 6.07) is 7.49. The lowest BCUT2D eigenvalue weighted by Crippen LogP contribution is -2.44. The number of hydrogen-bond acceptors (Lipinski definition) is 4. The molecule has 124 valence electrons. The summed E-state index contributed by atoms with van der Waals surface area (Å²) in [7, 11) is 3.98. The molecule has 6 nitrogen and oxygen atoms in total. The second-order valence-electron chi connectivity index (χ2n) is 6.27. The van der Waals surface area contributed by atoms with E-state index in [1.54, 1.807) is 18.3 Å². The van der Waals surface area contributed by atoms with E-state index in [9.17, 15) is 9.59 Å². The van der Waals surface area contributed by atoms with Crippen LogP contribution in [0.2, 0.25) is 0 Å². The number of hydrogen-bond donors (Lipinski definition) is 1. The summed E-state index contributed by atoms with van der Waals surface area (Å²) in [6.45, 7) is 4.71. The number of benzene rings is 1. The maximum Gasteiger partial charge on any atom is 0.275 e. The SMILES string of the molecule is CC(C)C(CNC(=O)Cn1ncc2ccccc2c1=O)N(C)C. The number of likely N-dealkylation sites (N-methyl/N-ethyl adjacent to an activating group) is 1. The number of carbonyl (C=O) groups is 1. The number of amides is 1. The van der Waals surface area contributed by atoms with Crippen LogP contribution in [0.25, 0.3) is 10.8 Å². The van der Waals surface area contributed by atoms with Gasteiger partial charge in [0, 0.05) is 18.0 Å². The van der Waals surface area contributed by atoms with Crippen LogP contribution in [0.15, 0.2) is 35.3 Å². The van der Waals surface area contributed by atoms with E-state index in [0.717, 1.165) is 5.39 Å². The first-order valence-electron chi connectivity index (χ1n) is 7.78. The van der Waals surface area contributed by atoms with Crippen LogP contribution in [0.5, 0.6) is 0 Å². The number of nitrogens with zero attached hydrogens (tertiary/aromatic N) is 3. The molecule has 6 heteroatoms. The van der Waals surface area contributed by atoms with E-state index in [4.69, 9.17) is 0 Å². The maximum atomic E-state index is 12.3. The van der Waals surface area contributed by atoms with Gasteiger partial charge in [0.25, 0.3) is 5.56 Å². The first-order valence-corrected chi connectivity index (χ1v) is 7.78. The molecule has 1 aromatic carbocycles. The van der Waals surface area contributed by atoms with Crippen molar-refractivity contribution in [2.45, 2.75) is 26.4 Å². The third kappa shape index (κ3) is 4.16. The van der Waals surface area contributed by atoms with Crippen LogP contribution in [0.4, 0.5) is 0 Å². The van der Waals surface area contributed by atoms with E-state index in [0.29, 0.717) is 17.8 Å². The number of nitrogens with one attached hydrogen (secondary N) is 1. The molecule has 1 N–H and O–H groups in total. The number of fused-ring (bicyclic) bond motifs is 1. The Bertz CT molecular complexity index is 729. The Hall–Kier alpha value is -2.21. The summed E-state index contributed by atoms with van der Waals surface area (Å²) in [4.78, 5) is 26.5. The molecule has 0 saturated carbocycles. The molecule has 1 unspecified atom stereocenters. The van der Waals surface area contributed by atoms with Crippen LogP contribution in [0.3, 0.4) is 0 Å². The molecule has 1 aromatic heterocycles. The summed E-state index contributed by atoms with van der Waals surface area (Å²) < 4.78 is 1.21. The molecule has 0 bridgehead atoms. The van der Waals surface area contributed by atoms with Gasteiger partial charge in [-0.25, -0.2) is 4.68 Å². The Morgan fingerprint density at radius 3 is 2.65 bits per heavy atom. The van der Waals surface area contributed by atoms with Crippen molar-refractivity contribution in [1.82, 2.24) is 20.0 Å². The highest BCUT2D eigenvalue weighted by Crippen LogP contribution is 2.07. The molecular weight excluding hydrogens is 292 g/mol. The van der Waals surface area contributed by atoms with Crippen molar-refractivity contribution >= 4 is 16.7 Å². The minimum Gasteiger partial charge on any atom is -0.353 e. The zero-order chi connectivity index (χ0) is 17.0. The molecule has 2 rings (SSSR count). The Labute approximate surface area is 136 Å². The Morgan fingerprint density at radius 1 is 1.30 bits per heavy atom. The lowest BCUT2D eigenvalue weighted by atomic mass is 10.0. The average molecular weight is 316 g/mol. The first kappa shape index (κ1) is 17.1. The van der Waals surface area contributed by atoms with E-state index in [2.05, 4.69) is 29.2 Å². The second-order valence-corrected chi connectivity index (χ2v) is 6.27. The van der Waals surface area contributed by atoms with Crippen molar-refractivity contribution in [1.29, 1.82) is 0 Å². The van der Waals surface area contributed by atoms with Crippen molar-refractivity contribution in [3.8, 4) is 0 Å². The summed E-state index contributed by atoms with van der Waals surface area (Å²) >= 11 is 0. The average Bonchev–Trinajstić information content (AvgIpc) is 2.50. The van der Waals surface area contributed by atoms with Crippen LogP contribution in [-0.4, -0.2) is 47.3 Å².